The Morgan fingerprint density at radius 2 is 0.893 bits per heavy atom. The maximum absolute atomic E-state index is 10.8. The van der Waals surface area contributed by atoms with E-state index in [1.807, 2.05) is 11.9 Å². The van der Waals surface area contributed by atoms with Crippen LogP contribution in [0.15, 0.2) is 0 Å². The molecule has 0 radical (unpaired) electrons. The van der Waals surface area contributed by atoms with Crippen LogP contribution in [0.3, 0.4) is 0 Å². The minimum absolute atomic E-state index is 0. The molecule has 0 aliphatic rings. The number of nitrogens with zero attached hydrogens (tertiary/aromatic N) is 2. The first-order valence-corrected chi connectivity index (χ1v) is 8.02. The van der Waals surface area contributed by atoms with Crippen molar-refractivity contribution in [2.75, 3.05) is 54.5 Å². The third-order valence-corrected chi connectivity index (χ3v) is 3.25. The number of rotatable bonds is 12. The zero-order valence-corrected chi connectivity index (χ0v) is 21.8. The Balaban J connectivity index is -0.000000194. The molecule has 0 N–H and O–H groups in total. The summed E-state index contributed by atoms with van der Waals surface area (Å²) in [7, 11) is 6.20. The van der Waals surface area contributed by atoms with Gasteiger partial charge in [-0.1, -0.05) is 0 Å². The topological polar surface area (TPSA) is 139 Å². The molecule has 12 heteroatoms. The third-order valence-electron chi connectivity index (χ3n) is 3.25. The Hall–Kier alpha value is -0.200. The van der Waals surface area contributed by atoms with E-state index in [-0.39, 0.29) is 83.9 Å². The van der Waals surface area contributed by atoms with Gasteiger partial charge in [0.25, 0.3) is 0 Å². The van der Waals surface area contributed by atoms with E-state index in [2.05, 4.69) is 9.47 Å². The molecule has 0 aromatic heterocycles. The first-order valence-electron chi connectivity index (χ1n) is 8.02. The first-order chi connectivity index (χ1) is 12.1. The van der Waals surface area contributed by atoms with Gasteiger partial charge in [-0.2, -0.15) is 0 Å². The molecule has 10 nitrogen and oxygen atoms in total. The van der Waals surface area contributed by atoms with Crippen LogP contribution in [-0.4, -0.2) is 88.2 Å². The van der Waals surface area contributed by atoms with Crippen LogP contribution in [-0.2, 0) is 28.7 Å². The van der Waals surface area contributed by atoms with Crippen LogP contribution in [0.5, 0.6) is 0 Å². The van der Waals surface area contributed by atoms with E-state index in [0.29, 0.717) is 39.0 Å². The van der Waals surface area contributed by atoms with Gasteiger partial charge in [0.1, 0.15) is 0 Å². The van der Waals surface area contributed by atoms with Crippen molar-refractivity contribution in [2.45, 2.75) is 25.7 Å². The fourth-order valence-electron chi connectivity index (χ4n) is 1.56. The molecular formula is C16H28N2Na2O8. The van der Waals surface area contributed by atoms with Crippen molar-refractivity contribution < 1.29 is 98.0 Å². The molecule has 0 bridgehead atoms. The largest absolute Gasteiger partial charge is 1.00 e. The van der Waals surface area contributed by atoms with Crippen molar-refractivity contribution in [2.24, 2.45) is 0 Å². The van der Waals surface area contributed by atoms with E-state index in [1.54, 1.807) is 11.9 Å². The average Bonchev–Trinajstić information content (AvgIpc) is 2.60. The maximum Gasteiger partial charge on any atom is 1.00 e. The summed E-state index contributed by atoms with van der Waals surface area (Å²) in [5, 5.41) is 20.0. The van der Waals surface area contributed by atoms with Gasteiger partial charge in [-0.15, -0.1) is 0 Å². The molecule has 0 saturated heterocycles. The Kier molecular flexibility index (Phi) is 29.1. The number of esters is 2. The van der Waals surface area contributed by atoms with Crippen LogP contribution in [0.25, 0.3) is 0 Å². The van der Waals surface area contributed by atoms with Gasteiger partial charge in [-0.05, 0) is 26.9 Å². The Morgan fingerprint density at radius 3 is 1.11 bits per heavy atom. The summed E-state index contributed by atoms with van der Waals surface area (Å²) in [4.78, 5) is 45.0. The first kappa shape index (κ1) is 35.3. The Bertz CT molecular complexity index is 414. The van der Waals surface area contributed by atoms with Crippen LogP contribution in [0.1, 0.15) is 25.7 Å². The van der Waals surface area contributed by atoms with Crippen LogP contribution in [0.2, 0.25) is 0 Å². The molecule has 0 aromatic rings. The number of carbonyl (C=O) groups excluding carboxylic acids is 4. The number of aliphatic carboxylic acids is 2. The van der Waals surface area contributed by atoms with Crippen LogP contribution in [0, 0.1) is 0 Å². The predicted octanol–water partition coefficient (Wildman–Crippen LogP) is -8.75. The molecule has 0 atom stereocenters. The van der Waals surface area contributed by atoms with E-state index in [4.69, 9.17) is 0 Å². The van der Waals surface area contributed by atoms with Gasteiger partial charge in [0.15, 0.2) is 0 Å². The van der Waals surface area contributed by atoms with Crippen molar-refractivity contribution in [1.82, 2.24) is 9.80 Å². The fraction of sp³-hybridized carbons (Fsp3) is 0.750. The van der Waals surface area contributed by atoms with E-state index in [1.165, 1.54) is 14.2 Å². The van der Waals surface area contributed by atoms with E-state index >= 15 is 0 Å². The molecule has 0 rings (SSSR count). The summed E-state index contributed by atoms with van der Waals surface area (Å²) in [6.45, 7) is 1.78. The third kappa shape index (κ3) is 28.0. The van der Waals surface area contributed by atoms with Crippen molar-refractivity contribution in [3.63, 3.8) is 0 Å². The molecule has 0 aromatic carbocycles. The number of hydrogen-bond donors (Lipinski definition) is 0. The molecule has 0 aliphatic carbocycles. The minimum atomic E-state index is -1.13. The number of carboxylic acids is 2. The smallest absolute Gasteiger partial charge is 0.550 e. The SMILES string of the molecule is CN(CCC(=O)[O-])CCC(=O)[O-].COC(=O)CCN(C)CCC(=O)OC.[Na+].[Na+]. The van der Waals surface area contributed by atoms with E-state index < -0.39 is 11.9 Å². The second kappa shape index (κ2) is 23.1. The van der Waals surface area contributed by atoms with Gasteiger partial charge in [-0.3, -0.25) is 9.59 Å². The molecule has 0 amide bonds. The molecule has 152 valence electrons. The summed E-state index contributed by atoms with van der Waals surface area (Å²) < 4.78 is 8.98. The number of methoxy groups -OCH3 is 2. The summed E-state index contributed by atoms with van der Waals surface area (Å²) >= 11 is 0. The summed E-state index contributed by atoms with van der Waals surface area (Å²) in [6.07, 6.45) is 0.523. The molecular weight excluding hydrogens is 394 g/mol. The normalized spacial score (nSPS) is 9.36. The number of carboxylic acid groups (broad SMARTS) is 2. The van der Waals surface area contributed by atoms with Gasteiger partial charge in [0.05, 0.1) is 27.1 Å². The molecule has 0 saturated carbocycles. The second-order valence-electron chi connectivity index (χ2n) is 5.50. The Morgan fingerprint density at radius 1 is 0.643 bits per heavy atom. The van der Waals surface area contributed by atoms with Gasteiger partial charge in [0.2, 0.25) is 0 Å². The quantitative estimate of drug-likeness (QED) is 0.220. The van der Waals surface area contributed by atoms with Crippen molar-refractivity contribution >= 4 is 23.9 Å². The molecule has 0 unspecified atom stereocenters. The fourth-order valence-corrected chi connectivity index (χ4v) is 1.56. The van der Waals surface area contributed by atoms with Crippen molar-refractivity contribution in [3.8, 4) is 0 Å². The van der Waals surface area contributed by atoms with Crippen molar-refractivity contribution in [3.05, 3.63) is 0 Å². The van der Waals surface area contributed by atoms with Crippen molar-refractivity contribution in [1.29, 1.82) is 0 Å². The monoisotopic (exact) mass is 422 g/mol. The predicted molar refractivity (Wildman–Crippen MR) is 87.5 cm³/mol. The summed E-state index contributed by atoms with van der Waals surface area (Å²) in [5.41, 5.74) is 0. The van der Waals surface area contributed by atoms with Crippen LogP contribution >= 0.6 is 0 Å². The summed E-state index contributed by atoms with van der Waals surface area (Å²) in [5.74, 6) is -2.74. The molecule has 28 heavy (non-hydrogen) atoms. The molecule has 0 fully saturated rings. The zero-order valence-electron chi connectivity index (χ0n) is 17.8. The minimum Gasteiger partial charge on any atom is -0.550 e. The van der Waals surface area contributed by atoms with E-state index in [0.717, 1.165) is 0 Å². The summed E-state index contributed by atoms with van der Waals surface area (Å²) in [6, 6.07) is 0. The van der Waals surface area contributed by atoms with Gasteiger partial charge in [-0.25, -0.2) is 0 Å². The van der Waals surface area contributed by atoms with Crippen LogP contribution < -0.4 is 69.3 Å². The number of hydrogen-bond acceptors (Lipinski definition) is 10. The van der Waals surface area contributed by atoms with Crippen LogP contribution in [0.4, 0.5) is 0 Å². The molecule has 0 heterocycles. The van der Waals surface area contributed by atoms with Gasteiger partial charge in [0, 0.05) is 38.1 Å². The maximum atomic E-state index is 10.8. The standard InChI is InChI=1S/C9H17NO4.C7H13NO4.2Na/c1-10(6-4-8(11)13-2)7-5-9(12)14-3;1-8(4-2-6(9)10)5-3-7(11)12;;/h4-7H2,1-3H3;2-5H2,1H3,(H,9,10)(H,11,12);;/q;;2*+1/p-2. The molecule has 0 aliphatic heterocycles. The average molecular weight is 422 g/mol. The number of ether oxygens (including phenoxy) is 2. The molecule has 0 spiro atoms. The second-order valence-corrected chi connectivity index (χ2v) is 5.50. The Labute approximate surface area is 210 Å². The number of carbonyl (C=O) groups is 4. The van der Waals surface area contributed by atoms with E-state index in [9.17, 15) is 29.4 Å². The zero-order chi connectivity index (χ0) is 20.5. The van der Waals surface area contributed by atoms with Gasteiger partial charge < -0.3 is 39.1 Å². The van der Waals surface area contributed by atoms with Gasteiger partial charge >= 0.3 is 71.1 Å².